The summed E-state index contributed by atoms with van der Waals surface area (Å²) in [5, 5.41) is 7.77. The summed E-state index contributed by atoms with van der Waals surface area (Å²) in [4.78, 5) is 16.3. The number of aryl methyl sites for hydroxylation is 3. The molecule has 0 fully saturated rings. The Morgan fingerprint density at radius 2 is 2.09 bits per heavy atom. The number of aromatic nitrogens is 3. The van der Waals surface area contributed by atoms with Crippen LogP contribution in [0.2, 0.25) is 0 Å². The second kappa shape index (κ2) is 6.34. The lowest BCUT2D eigenvalue weighted by molar-refractivity contribution is -0.119. The van der Waals surface area contributed by atoms with Gasteiger partial charge in [-0.1, -0.05) is 20.8 Å². The fraction of sp³-hybridized carbons (Fsp3) is 0.562. The van der Waals surface area contributed by atoms with Gasteiger partial charge in [-0.25, -0.2) is 4.98 Å². The first-order valence-corrected chi connectivity index (χ1v) is 7.75. The summed E-state index contributed by atoms with van der Waals surface area (Å²) in [6, 6.07) is 1.52. The molecule has 3 N–H and O–H groups in total. The van der Waals surface area contributed by atoms with E-state index >= 15 is 0 Å². The van der Waals surface area contributed by atoms with Crippen molar-refractivity contribution in [3.8, 4) is 0 Å². The molecule has 2 heterocycles. The van der Waals surface area contributed by atoms with Crippen LogP contribution in [0, 0.1) is 19.8 Å². The normalized spacial score (nSPS) is 12.8. The molecule has 1 atom stereocenters. The third kappa shape index (κ3) is 3.21. The first-order valence-electron chi connectivity index (χ1n) is 7.75. The number of carbonyl (C=O) groups is 1. The van der Waals surface area contributed by atoms with E-state index in [0.29, 0.717) is 12.3 Å². The SMILES string of the molecule is CCc1cc(N[C@@H](CC(C)C)C(N)=O)n2nc(C)c(C)c2n1. The lowest BCUT2D eigenvalue weighted by Crippen LogP contribution is -2.37. The topological polar surface area (TPSA) is 85.3 Å². The van der Waals surface area contributed by atoms with Crippen LogP contribution < -0.4 is 11.1 Å². The molecular weight excluding hydrogens is 278 g/mol. The second-order valence-corrected chi connectivity index (χ2v) is 6.16. The van der Waals surface area contributed by atoms with E-state index in [0.717, 1.165) is 34.8 Å². The van der Waals surface area contributed by atoms with Crippen LogP contribution >= 0.6 is 0 Å². The molecule has 1 amide bonds. The van der Waals surface area contributed by atoms with E-state index in [1.54, 1.807) is 4.52 Å². The Morgan fingerprint density at radius 1 is 1.41 bits per heavy atom. The summed E-state index contributed by atoms with van der Waals surface area (Å²) in [7, 11) is 0. The van der Waals surface area contributed by atoms with Crippen molar-refractivity contribution in [2.24, 2.45) is 11.7 Å². The monoisotopic (exact) mass is 303 g/mol. The third-order valence-electron chi connectivity index (χ3n) is 3.84. The van der Waals surface area contributed by atoms with Gasteiger partial charge in [0.25, 0.3) is 0 Å². The lowest BCUT2D eigenvalue weighted by atomic mass is 10.0. The number of nitrogens with zero attached hydrogens (tertiary/aromatic N) is 3. The standard InChI is InChI=1S/C16H25N5O/c1-6-12-8-14(19-13(15(17)22)7-9(2)3)21-16(18-12)10(4)11(5)20-21/h8-9,13,19H,6-7H2,1-5H3,(H2,17,22)/t13-/m0/s1. The Bertz CT molecular complexity index is 689. The van der Waals surface area contributed by atoms with Gasteiger partial charge in [0, 0.05) is 17.3 Å². The minimum atomic E-state index is -0.417. The molecule has 0 bridgehead atoms. The molecule has 22 heavy (non-hydrogen) atoms. The van der Waals surface area contributed by atoms with Crippen LogP contribution in [-0.2, 0) is 11.2 Å². The summed E-state index contributed by atoms with van der Waals surface area (Å²) >= 11 is 0. The molecule has 0 aliphatic carbocycles. The highest BCUT2D eigenvalue weighted by molar-refractivity contribution is 5.82. The van der Waals surface area contributed by atoms with Gasteiger partial charge in [0.05, 0.1) is 5.69 Å². The van der Waals surface area contributed by atoms with Gasteiger partial charge >= 0.3 is 0 Å². The van der Waals surface area contributed by atoms with Crippen LogP contribution in [0.1, 0.15) is 44.1 Å². The first-order chi connectivity index (χ1) is 10.3. The van der Waals surface area contributed by atoms with Crippen molar-refractivity contribution in [1.82, 2.24) is 14.6 Å². The largest absolute Gasteiger partial charge is 0.368 e. The number of nitrogens with one attached hydrogen (secondary N) is 1. The molecule has 2 rings (SSSR count). The van der Waals surface area contributed by atoms with Gasteiger partial charge < -0.3 is 11.1 Å². The summed E-state index contributed by atoms with van der Waals surface area (Å²) in [5.41, 5.74) is 9.31. The zero-order valence-electron chi connectivity index (χ0n) is 14.0. The van der Waals surface area contributed by atoms with Crippen LogP contribution in [0.25, 0.3) is 5.65 Å². The summed E-state index contributed by atoms with van der Waals surface area (Å²) in [6.45, 7) is 10.2. The van der Waals surface area contributed by atoms with Gasteiger partial charge in [0.15, 0.2) is 5.65 Å². The fourth-order valence-electron chi connectivity index (χ4n) is 2.46. The molecule has 6 heteroatoms. The average molecular weight is 303 g/mol. The molecule has 2 aromatic heterocycles. The molecule has 120 valence electrons. The zero-order valence-corrected chi connectivity index (χ0v) is 14.0. The second-order valence-electron chi connectivity index (χ2n) is 6.16. The number of nitrogens with two attached hydrogens (primary N) is 1. The molecular formula is C16H25N5O. The molecule has 0 unspecified atom stereocenters. The van der Waals surface area contributed by atoms with Crippen LogP contribution in [0.3, 0.4) is 0 Å². The van der Waals surface area contributed by atoms with Crippen molar-refractivity contribution >= 4 is 17.4 Å². The fourth-order valence-corrected chi connectivity index (χ4v) is 2.46. The number of carbonyl (C=O) groups excluding carboxylic acids is 1. The van der Waals surface area contributed by atoms with Crippen molar-refractivity contribution in [1.29, 1.82) is 0 Å². The number of amides is 1. The minimum Gasteiger partial charge on any atom is -0.368 e. The highest BCUT2D eigenvalue weighted by atomic mass is 16.1. The maximum Gasteiger partial charge on any atom is 0.239 e. The van der Waals surface area contributed by atoms with Crippen LogP contribution in [0.5, 0.6) is 0 Å². The molecule has 0 saturated heterocycles. The van der Waals surface area contributed by atoms with E-state index in [4.69, 9.17) is 5.73 Å². The quantitative estimate of drug-likeness (QED) is 0.857. The Hall–Kier alpha value is -2.11. The van der Waals surface area contributed by atoms with Gasteiger partial charge in [0.2, 0.25) is 5.91 Å². The smallest absolute Gasteiger partial charge is 0.239 e. The first kappa shape index (κ1) is 16.3. The van der Waals surface area contributed by atoms with Crippen molar-refractivity contribution in [2.45, 2.75) is 53.5 Å². The average Bonchev–Trinajstić information content (AvgIpc) is 2.73. The van der Waals surface area contributed by atoms with Crippen LogP contribution in [0.4, 0.5) is 5.82 Å². The van der Waals surface area contributed by atoms with Crippen LogP contribution in [0.15, 0.2) is 6.07 Å². The number of hydrogen-bond donors (Lipinski definition) is 2. The molecule has 0 aliphatic heterocycles. The molecule has 2 aromatic rings. The van der Waals surface area contributed by atoms with Crippen molar-refractivity contribution in [3.63, 3.8) is 0 Å². The van der Waals surface area contributed by atoms with Crippen molar-refractivity contribution in [3.05, 3.63) is 23.0 Å². The van der Waals surface area contributed by atoms with Crippen molar-refractivity contribution in [2.75, 3.05) is 5.32 Å². The van der Waals surface area contributed by atoms with Gasteiger partial charge in [0.1, 0.15) is 11.9 Å². The highest BCUT2D eigenvalue weighted by Gasteiger charge is 2.19. The Kier molecular flexibility index (Phi) is 4.68. The minimum absolute atomic E-state index is 0.350. The Labute approximate surface area is 131 Å². The number of anilines is 1. The number of rotatable bonds is 6. The van der Waals surface area contributed by atoms with Gasteiger partial charge in [-0.2, -0.15) is 9.61 Å². The molecule has 6 nitrogen and oxygen atoms in total. The predicted octanol–water partition coefficient (Wildman–Crippen LogP) is 2.22. The number of fused-ring (bicyclic) bond motifs is 1. The molecule has 0 saturated carbocycles. The zero-order chi connectivity index (χ0) is 16.4. The summed E-state index contributed by atoms with van der Waals surface area (Å²) in [6.07, 6.45) is 1.50. The predicted molar refractivity (Wildman–Crippen MR) is 87.9 cm³/mol. The van der Waals surface area contributed by atoms with E-state index in [-0.39, 0.29) is 5.91 Å². The van der Waals surface area contributed by atoms with Gasteiger partial charge in [-0.05, 0) is 32.6 Å². The summed E-state index contributed by atoms with van der Waals surface area (Å²) < 4.78 is 1.76. The Balaban J connectivity index is 2.48. The van der Waals surface area contributed by atoms with Gasteiger partial charge in [-0.15, -0.1) is 0 Å². The van der Waals surface area contributed by atoms with Crippen molar-refractivity contribution < 1.29 is 4.79 Å². The summed E-state index contributed by atoms with van der Waals surface area (Å²) in [5.74, 6) is 0.786. The van der Waals surface area contributed by atoms with E-state index < -0.39 is 6.04 Å². The number of hydrogen-bond acceptors (Lipinski definition) is 4. The van der Waals surface area contributed by atoms with E-state index in [1.165, 1.54) is 0 Å². The molecule has 0 spiro atoms. The molecule has 0 aliphatic rings. The van der Waals surface area contributed by atoms with E-state index in [1.807, 2.05) is 19.9 Å². The molecule has 0 aromatic carbocycles. The molecule has 0 radical (unpaired) electrons. The van der Waals surface area contributed by atoms with Crippen LogP contribution in [-0.4, -0.2) is 26.5 Å². The maximum atomic E-state index is 11.7. The lowest BCUT2D eigenvalue weighted by Gasteiger charge is -2.19. The van der Waals surface area contributed by atoms with E-state index in [9.17, 15) is 4.79 Å². The maximum absolute atomic E-state index is 11.7. The van der Waals surface area contributed by atoms with Gasteiger partial charge in [-0.3, -0.25) is 4.79 Å². The highest BCUT2D eigenvalue weighted by Crippen LogP contribution is 2.20. The number of primary amides is 1. The Morgan fingerprint density at radius 3 is 2.64 bits per heavy atom. The third-order valence-corrected chi connectivity index (χ3v) is 3.84. The van der Waals surface area contributed by atoms with E-state index in [2.05, 4.69) is 36.2 Å².